The van der Waals surface area contributed by atoms with Crippen LogP contribution in [0.2, 0.25) is 0 Å². The number of ether oxygens (including phenoxy) is 1. The highest BCUT2D eigenvalue weighted by Crippen LogP contribution is 2.51. The second-order valence-corrected chi connectivity index (χ2v) is 7.59. The van der Waals surface area contributed by atoms with Gasteiger partial charge in [-0.1, -0.05) is 19.3 Å². The highest BCUT2D eigenvalue weighted by Gasteiger charge is 2.52. The van der Waals surface area contributed by atoms with Gasteiger partial charge in [0.15, 0.2) is 0 Å². The number of nitrogens with one attached hydrogen (secondary N) is 1. The molecule has 2 aliphatic rings. The molecular formula is C16H27NO4. The molecular weight excluding hydrogens is 270 g/mol. The summed E-state index contributed by atoms with van der Waals surface area (Å²) in [6.45, 7) is 5.57. The van der Waals surface area contributed by atoms with Gasteiger partial charge in [0.25, 0.3) is 0 Å². The fraction of sp³-hybridized carbons (Fsp3) is 0.875. The van der Waals surface area contributed by atoms with Crippen molar-refractivity contribution in [2.45, 2.75) is 64.9 Å². The minimum atomic E-state index is -0.804. The van der Waals surface area contributed by atoms with E-state index in [9.17, 15) is 14.7 Å². The van der Waals surface area contributed by atoms with Gasteiger partial charge in [-0.05, 0) is 51.9 Å². The highest BCUT2D eigenvalue weighted by atomic mass is 16.6. The minimum Gasteiger partial charge on any atom is -0.481 e. The van der Waals surface area contributed by atoms with Gasteiger partial charge < -0.3 is 15.2 Å². The Bertz CT molecular complexity index is 407. The van der Waals surface area contributed by atoms with E-state index >= 15 is 0 Å². The second kappa shape index (κ2) is 5.85. The van der Waals surface area contributed by atoms with Crippen LogP contribution in [0.4, 0.5) is 4.79 Å². The van der Waals surface area contributed by atoms with Crippen LogP contribution in [0.15, 0.2) is 0 Å². The van der Waals surface area contributed by atoms with E-state index in [0.717, 1.165) is 25.7 Å². The van der Waals surface area contributed by atoms with Crippen LogP contribution in [0.5, 0.6) is 0 Å². The van der Waals surface area contributed by atoms with E-state index in [2.05, 4.69) is 5.32 Å². The predicted molar refractivity (Wildman–Crippen MR) is 79.0 cm³/mol. The number of carboxylic acids is 1. The summed E-state index contributed by atoms with van der Waals surface area (Å²) in [5, 5.41) is 12.5. The molecule has 0 aromatic carbocycles. The van der Waals surface area contributed by atoms with Gasteiger partial charge in [0, 0.05) is 6.54 Å². The fourth-order valence-corrected chi connectivity index (χ4v) is 3.11. The topological polar surface area (TPSA) is 75.6 Å². The summed E-state index contributed by atoms with van der Waals surface area (Å²) < 4.78 is 5.22. The van der Waals surface area contributed by atoms with Crippen LogP contribution < -0.4 is 5.32 Å². The Hall–Kier alpha value is -1.26. The molecule has 0 aliphatic heterocycles. The molecule has 2 rings (SSSR count). The molecule has 2 aliphatic carbocycles. The number of carbonyl (C=O) groups excluding carboxylic acids is 1. The lowest BCUT2D eigenvalue weighted by molar-refractivity contribution is -0.152. The molecule has 2 saturated carbocycles. The quantitative estimate of drug-likeness (QED) is 0.789. The van der Waals surface area contributed by atoms with Crippen LogP contribution in [0.25, 0.3) is 0 Å². The zero-order chi connectivity index (χ0) is 15.7. The average Bonchev–Trinajstić information content (AvgIpc) is 3.08. The van der Waals surface area contributed by atoms with Gasteiger partial charge >= 0.3 is 12.1 Å². The SMILES string of the molecule is CC(C)(C)OC(=O)NCC(CC1CCC1)(C(=O)O)C1CC1. The third-order valence-corrected chi connectivity index (χ3v) is 4.61. The Morgan fingerprint density at radius 2 is 1.81 bits per heavy atom. The van der Waals surface area contributed by atoms with Gasteiger partial charge in [-0.2, -0.15) is 0 Å². The van der Waals surface area contributed by atoms with Gasteiger partial charge in [-0.25, -0.2) is 4.79 Å². The number of hydrogen-bond donors (Lipinski definition) is 2. The molecule has 0 radical (unpaired) electrons. The molecule has 1 amide bonds. The first-order valence-corrected chi connectivity index (χ1v) is 7.93. The monoisotopic (exact) mass is 297 g/mol. The molecule has 120 valence electrons. The van der Waals surface area contributed by atoms with Crippen molar-refractivity contribution in [3.05, 3.63) is 0 Å². The van der Waals surface area contributed by atoms with E-state index < -0.39 is 23.1 Å². The Balaban J connectivity index is 1.98. The molecule has 2 fully saturated rings. The fourth-order valence-electron chi connectivity index (χ4n) is 3.11. The first-order valence-electron chi connectivity index (χ1n) is 7.93. The molecule has 2 N–H and O–H groups in total. The summed E-state index contributed by atoms with van der Waals surface area (Å²) in [7, 11) is 0. The van der Waals surface area contributed by atoms with Crippen LogP contribution in [-0.4, -0.2) is 29.3 Å². The first-order chi connectivity index (χ1) is 9.73. The zero-order valence-electron chi connectivity index (χ0n) is 13.3. The number of alkyl carbamates (subject to hydrolysis) is 1. The van der Waals surface area contributed by atoms with E-state index in [1.54, 1.807) is 20.8 Å². The Morgan fingerprint density at radius 3 is 2.19 bits per heavy atom. The third kappa shape index (κ3) is 4.11. The molecule has 0 aromatic heterocycles. The Labute approximate surface area is 126 Å². The van der Waals surface area contributed by atoms with Crippen molar-refractivity contribution in [1.29, 1.82) is 0 Å². The largest absolute Gasteiger partial charge is 0.481 e. The average molecular weight is 297 g/mol. The van der Waals surface area contributed by atoms with E-state index in [1.165, 1.54) is 6.42 Å². The van der Waals surface area contributed by atoms with E-state index in [1.807, 2.05) is 0 Å². The lowest BCUT2D eigenvalue weighted by Gasteiger charge is -2.37. The smallest absolute Gasteiger partial charge is 0.407 e. The maximum Gasteiger partial charge on any atom is 0.407 e. The summed E-state index contributed by atoms with van der Waals surface area (Å²) in [6, 6.07) is 0. The first kappa shape index (κ1) is 16.1. The lowest BCUT2D eigenvalue weighted by atomic mass is 9.69. The summed E-state index contributed by atoms with van der Waals surface area (Å²) in [5.74, 6) is -0.0689. The van der Waals surface area contributed by atoms with Crippen molar-refractivity contribution in [1.82, 2.24) is 5.32 Å². The summed E-state index contributed by atoms with van der Waals surface area (Å²) in [6.07, 6.45) is 5.50. The molecule has 0 spiro atoms. The molecule has 0 bridgehead atoms. The molecule has 0 heterocycles. The van der Waals surface area contributed by atoms with Gasteiger partial charge in [0.2, 0.25) is 0 Å². The molecule has 1 unspecified atom stereocenters. The van der Waals surface area contributed by atoms with Crippen LogP contribution in [0.1, 0.15) is 59.3 Å². The van der Waals surface area contributed by atoms with Crippen molar-refractivity contribution >= 4 is 12.1 Å². The van der Waals surface area contributed by atoms with Crippen molar-refractivity contribution in [3.63, 3.8) is 0 Å². The maximum absolute atomic E-state index is 11.9. The number of carboxylic acid groups (broad SMARTS) is 1. The molecule has 21 heavy (non-hydrogen) atoms. The lowest BCUT2D eigenvalue weighted by Crippen LogP contribution is -2.47. The van der Waals surface area contributed by atoms with Crippen molar-refractivity contribution in [2.24, 2.45) is 17.3 Å². The van der Waals surface area contributed by atoms with E-state index in [0.29, 0.717) is 12.3 Å². The molecule has 0 saturated heterocycles. The van der Waals surface area contributed by atoms with Crippen molar-refractivity contribution < 1.29 is 19.4 Å². The Morgan fingerprint density at radius 1 is 1.19 bits per heavy atom. The number of amides is 1. The van der Waals surface area contributed by atoms with Crippen molar-refractivity contribution in [3.8, 4) is 0 Å². The molecule has 1 atom stereocenters. The Kier molecular flexibility index (Phi) is 4.49. The van der Waals surface area contributed by atoms with Crippen molar-refractivity contribution in [2.75, 3.05) is 6.54 Å². The number of carbonyl (C=O) groups is 2. The number of rotatable bonds is 6. The summed E-state index contributed by atoms with van der Waals surface area (Å²) in [4.78, 5) is 23.7. The van der Waals surface area contributed by atoms with Gasteiger partial charge in [0.05, 0.1) is 5.41 Å². The predicted octanol–water partition coefficient (Wildman–Crippen LogP) is 3.18. The maximum atomic E-state index is 11.9. The van der Waals surface area contributed by atoms with Gasteiger partial charge in [0.1, 0.15) is 5.60 Å². The van der Waals surface area contributed by atoms with Crippen LogP contribution in [0.3, 0.4) is 0 Å². The number of hydrogen-bond acceptors (Lipinski definition) is 3. The minimum absolute atomic E-state index is 0.179. The molecule has 5 nitrogen and oxygen atoms in total. The zero-order valence-corrected chi connectivity index (χ0v) is 13.3. The summed E-state index contributed by atoms with van der Waals surface area (Å²) in [5.41, 5.74) is -1.37. The van der Waals surface area contributed by atoms with Crippen LogP contribution in [0, 0.1) is 17.3 Å². The normalized spacial score (nSPS) is 22.0. The van der Waals surface area contributed by atoms with Crippen LogP contribution in [-0.2, 0) is 9.53 Å². The second-order valence-electron chi connectivity index (χ2n) is 7.59. The van der Waals surface area contributed by atoms with E-state index in [4.69, 9.17) is 4.74 Å². The van der Waals surface area contributed by atoms with E-state index in [-0.39, 0.29) is 12.5 Å². The van der Waals surface area contributed by atoms with Gasteiger partial charge in [-0.15, -0.1) is 0 Å². The molecule has 0 aromatic rings. The number of aliphatic carboxylic acids is 1. The van der Waals surface area contributed by atoms with Gasteiger partial charge in [-0.3, -0.25) is 4.79 Å². The standard InChI is InChI=1S/C16H27NO4/c1-15(2,3)21-14(20)17-10-16(13(18)19,12-7-8-12)9-11-5-4-6-11/h11-12H,4-10H2,1-3H3,(H,17,20)(H,18,19). The third-order valence-electron chi connectivity index (χ3n) is 4.61. The highest BCUT2D eigenvalue weighted by molar-refractivity contribution is 5.77. The van der Waals surface area contributed by atoms with Crippen LogP contribution >= 0.6 is 0 Å². The molecule has 5 heteroatoms. The summed E-state index contributed by atoms with van der Waals surface area (Å²) >= 11 is 0.